The lowest BCUT2D eigenvalue weighted by Gasteiger charge is -2.14. The van der Waals surface area contributed by atoms with Crippen molar-refractivity contribution in [1.29, 1.82) is 0 Å². The number of nitrogens with one attached hydrogen (secondary N) is 2. The molecule has 0 aliphatic carbocycles. The van der Waals surface area contributed by atoms with Gasteiger partial charge in [-0.15, -0.1) is 0 Å². The number of hydrazine groups is 1. The Balaban J connectivity index is 1.78. The maximum absolute atomic E-state index is 12.3. The molecule has 8 heteroatoms. The summed E-state index contributed by atoms with van der Waals surface area (Å²) in [6.07, 6.45) is 0. The van der Waals surface area contributed by atoms with Gasteiger partial charge in [-0.1, -0.05) is 35.3 Å². The van der Waals surface area contributed by atoms with Crippen LogP contribution in [0.4, 0.5) is 5.69 Å². The summed E-state index contributed by atoms with van der Waals surface area (Å²) < 4.78 is 6.43. The average molecular weight is 366 g/mol. The number of hydrogen-bond donors (Lipinski definition) is 2. The van der Waals surface area contributed by atoms with E-state index < -0.39 is 17.7 Å². The predicted molar refractivity (Wildman–Crippen MR) is 93.4 cm³/mol. The molecule has 0 saturated carbocycles. The molecule has 2 aromatic carbocycles. The third-order valence-electron chi connectivity index (χ3n) is 3.54. The van der Waals surface area contributed by atoms with Gasteiger partial charge in [-0.05, 0) is 37.3 Å². The molecule has 3 aromatic rings. The number of oxazole rings is 1. The number of hydrogen-bond acceptors (Lipinski definition) is 4. The van der Waals surface area contributed by atoms with Crippen LogP contribution in [0.3, 0.4) is 0 Å². The fourth-order valence-electron chi connectivity index (χ4n) is 2.28. The molecule has 2 N–H and O–H groups in total. The number of benzene rings is 2. The molecule has 124 valence electrons. The van der Waals surface area contributed by atoms with Crippen molar-refractivity contribution in [3.63, 3.8) is 0 Å². The van der Waals surface area contributed by atoms with E-state index in [1.807, 2.05) is 0 Å². The van der Waals surface area contributed by atoms with E-state index in [0.29, 0.717) is 26.8 Å². The van der Waals surface area contributed by atoms with Crippen LogP contribution >= 0.6 is 23.2 Å². The molecular weight excluding hydrogens is 353 g/mol. The lowest BCUT2D eigenvalue weighted by atomic mass is 10.2. The van der Waals surface area contributed by atoms with Crippen molar-refractivity contribution >= 4 is 45.9 Å². The number of carbonyl (C=O) groups excluding carboxylic acids is 1. The van der Waals surface area contributed by atoms with E-state index in [9.17, 15) is 9.59 Å². The molecule has 0 aliphatic heterocycles. The SMILES string of the molecule is C[C@H](C(=O)NNc1ccc(Cl)c(Cl)c1)n1c(=O)oc2ccccc21. The van der Waals surface area contributed by atoms with Crippen LogP contribution in [0.2, 0.25) is 10.0 Å². The van der Waals surface area contributed by atoms with Gasteiger partial charge < -0.3 is 4.42 Å². The van der Waals surface area contributed by atoms with E-state index in [1.165, 1.54) is 4.57 Å². The number of amides is 1. The van der Waals surface area contributed by atoms with Crippen LogP contribution in [0.1, 0.15) is 13.0 Å². The topological polar surface area (TPSA) is 76.3 Å². The first kappa shape index (κ1) is 16.4. The second-order valence-electron chi connectivity index (χ2n) is 5.12. The number of halogens is 2. The maximum atomic E-state index is 12.3. The van der Waals surface area contributed by atoms with Gasteiger partial charge in [0.2, 0.25) is 0 Å². The van der Waals surface area contributed by atoms with E-state index in [2.05, 4.69) is 10.9 Å². The van der Waals surface area contributed by atoms with Gasteiger partial charge in [0.15, 0.2) is 5.58 Å². The number of anilines is 1. The third kappa shape index (κ3) is 3.11. The van der Waals surface area contributed by atoms with Crippen molar-refractivity contribution in [2.75, 3.05) is 5.43 Å². The number of rotatable bonds is 4. The van der Waals surface area contributed by atoms with Crippen molar-refractivity contribution in [3.05, 3.63) is 63.1 Å². The molecule has 1 heterocycles. The molecule has 6 nitrogen and oxygen atoms in total. The zero-order chi connectivity index (χ0) is 17.3. The summed E-state index contributed by atoms with van der Waals surface area (Å²) in [6.45, 7) is 1.61. The van der Waals surface area contributed by atoms with Crippen LogP contribution in [-0.2, 0) is 4.79 Å². The van der Waals surface area contributed by atoms with Gasteiger partial charge in [0.25, 0.3) is 5.91 Å². The standard InChI is InChI=1S/C16H13Cl2N3O3/c1-9(21-13-4-2-3-5-14(13)24-16(21)23)15(22)20-19-10-6-7-11(17)12(18)8-10/h2-9,19H,1H3,(H,20,22)/t9-/m1/s1. The van der Waals surface area contributed by atoms with Crippen LogP contribution in [0.15, 0.2) is 51.7 Å². The minimum Gasteiger partial charge on any atom is -0.408 e. The minimum absolute atomic E-state index is 0.362. The molecular formula is C16H13Cl2N3O3. The summed E-state index contributed by atoms with van der Waals surface area (Å²) in [4.78, 5) is 24.3. The molecule has 0 saturated heterocycles. The quantitative estimate of drug-likeness (QED) is 0.692. The van der Waals surface area contributed by atoms with Crippen LogP contribution in [-0.4, -0.2) is 10.5 Å². The lowest BCUT2D eigenvalue weighted by molar-refractivity contribution is -0.123. The molecule has 0 unspecified atom stereocenters. The molecule has 24 heavy (non-hydrogen) atoms. The average Bonchev–Trinajstić information content (AvgIpc) is 2.90. The molecule has 3 rings (SSSR count). The Hall–Kier alpha value is -2.44. The van der Waals surface area contributed by atoms with Gasteiger partial charge >= 0.3 is 5.76 Å². The molecule has 0 spiro atoms. The molecule has 0 aliphatic rings. The fourth-order valence-corrected chi connectivity index (χ4v) is 2.58. The summed E-state index contributed by atoms with van der Waals surface area (Å²) in [7, 11) is 0. The Morgan fingerprint density at radius 1 is 1.17 bits per heavy atom. The highest BCUT2D eigenvalue weighted by atomic mass is 35.5. The number of nitrogens with zero attached hydrogens (tertiary/aromatic N) is 1. The number of para-hydroxylation sites is 2. The maximum Gasteiger partial charge on any atom is 0.420 e. The van der Waals surface area contributed by atoms with Crippen LogP contribution in [0.25, 0.3) is 11.1 Å². The van der Waals surface area contributed by atoms with Gasteiger partial charge in [-0.25, -0.2) is 4.79 Å². The van der Waals surface area contributed by atoms with Gasteiger partial charge in [0.1, 0.15) is 6.04 Å². The van der Waals surface area contributed by atoms with Gasteiger partial charge in [-0.2, -0.15) is 0 Å². The van der Waals surface area contributed by atoms with Crippen LogP contribution in [0, 0.1) is 0 Å². The second-order valence-corrected chi connectivity index (χ2v) is 5.94. The second kappa shape index (κ2) is 6.59. The van der Waals surface area contributed by atoms with Crippen molar-refractivity contribution in [3.8, 4) is 0 Å². The van der Waals surface area contributed by atoms with E-state index in [1.54, 1.807) is 49.4 Å². The van der Waals surface area contributed by atoms with Crippen LogP contribution < -0.4 is 16.6 Å². The molecule has 1 aromatic heterocycles. The smallest absolute Gasteiger partial charge is 0.408 e. The first-order valence-electron chi connectivity index (χ1n) is 7.08. The Morgan fingerprint density at radius 2 is 1.92 bits per heavy atom. The molecule has 0 fully saturated rings. The molecule has 1 atom stereocenters. The Kier molecular flexibility index (Phi) is 4.51. The number of aromatic nitrogens is 1. The van der Waals surface area contributed by atoms with Crippen molar-refractivity contribution < 1.29 is 9.21 Å². The van der Waals surface area contributed by atoms with Gasteiger partial charge in [0.05, 0.1) is 21.2 Å². The normalized spacial score (nSPS) is 12.1. The minimum atomic E-state index is -0.767. The van der Waals surface area contributed by atoms with Crippen LogP contribution in [0.5, 0.6) is 0 Å². The molecule has 0 radical (unpaired) electrons. The van der Waals surface area contributed by atoms with E-state index in [-0.39, 0.29) is 0 Å². The first-order chi connectivity index (χ1) is 11.5. The Labute approximate surface area is 146 Å². The van der Waals surface area contributed by atoms with Crippen molar-refractivity contribution in [2.45, 2.75) is 13.0 Å². The monoisotopic (exact) mass is 365 g/mol. The zero-order valence-corrected chi connectivity index (χ0v) is 14.1. The largest absolute Gasteiger partial charge is 0.420 e. The van der Waals surface area contributed by atoms with E-state index in [4.69, 9.17) is 27.6 Å². The highest BCUT2D eigenvalue weighted by Gasteiger charge is 2.21. The summed E-state index contributed by atoms with van der Waals surface area (Å²) in [6, 6.07) is 11.0. The molecule has 0 bridgehead atoms. The van der Waals surface area contributed by atoms with Gasteiger partial charge in [0, 0.05) is 0 Å². The highest BCUT2D eigenvalue weighted by Crippen LogP contribution is 2.24. The third-order valence-corrected chi connectivity index (χ3v) is 4.27. The van der Waals surface area contributed by atoms with E-state index >= 15 is 0 Å². The Bertz CT molecular complexity index is 965. The number of fused-ring (bicyclic) bond motifs is 1. The number of carbonyl (C=O) groups is 1. The fraction of sp³-hybridized carbons (Fsp3) is 0.125. The summed E-state index contributed by atoms with van der Waals surface area (Å²) in [5.74, 6) is -0.997. The van der Waals surface area contributed by atoms with Crippen molar-refractivity contribution in [2.24, 2.45) is 0 Å². The predicted octanol–water partition coefficient (Wildman–Crippen LogP) is 3.61. The lowest BCUT2D eigenvalue weighted by Crippen LogP contribution is -2.37. The summed E-state index contributed by atoms with van der Waals surface area (Å²) in [5.41, 5.74) is 6.82. The van der Waals surface area contributed by atoms with E-state index in [0.717, 1.165) is 0 Å². The first-order valence-corrected chi connectivity index (χ1v) is 7.84. The zero-order valence-electron chi connectivity index (χ0n) is 12.5. The van der Waals surface area contributed by atoms with Crippen molar-refractivity contribution in [1.82, 2.24) is 9.99 Å². The van der Waals surface area contributed by atoms with Gasteiger partial charge in [-0.3, -0.25) is 20.2 Å². The summed E-state index contributed by atoms with van der Waals surface area (Å²) >= 11 is 11.8. The molecule has 1 amide bonds. The Morgan fingerprint density at radius 3 is 2.67 bits per heavy atom. The highest BCUT2D eigenvalue weighted by molar-refractivity contribution is 6.42. The summed E-state index contributed by atoms with van der Waals surface area (Å²) in [5, 5.41) is 0.777.